The number of hydrogen-bond donors (Lipinski definition) is 0. The van der Waals surface area contributed by atoms with Crippen molar-refractivity contribution in [3.63, 3.8) is 0 Å². The molecule has 1 aliphatic heterocycles. The number of nitrogens with zero attached hydrogens (tertiary/aromatic N) is 6. The lowest BCUT2D eigenvalue weighted by molar-refractivity contribution is 0.0697. The first-order valence-corrected chi connectivity index (χ1v) is 8.07. The number of carbonyl (C=O) groups excluding carboxylic acids is 1. The summed E-state index contributed by atoms with van der Waals surface area (Å²) in [5.41, 5.74) is 1.67. The largest absolute Gasteiger partial charge is 0.347 e. The molecule has 0 N–H and O–H groups in total. The number of aryl methyl sites for hydroxylation is 3. The molecule has 1 amide bonds. The van der Waals surface area contributed by atoms with Crippen LogP contribution in [-0.2, 0) is 20.6 Å². The molecule has 3 aromatic rings. The Labute approximate surface area is 140 Å². The highest BCUT2D eigenvalue weighted by molar-refractivity contribution is 5.93. The summed E-state index contributed by atoms with van der Waals surface area (Å²) < 4.78 is 5.76. The van der Waals surface area contributed by atoms with Crippen molar-refractivity contribution < 1.29 is 4.79 Å². The van der Waals surface area contributed by atoms with E-state index < -0.39 is 0 Å². The molecular formula is C17H20N6O. The van der Waals surface area contributed by atoms with Gasteiger partial charge in [0.1, 0.15) is 17.6 Å². The maximum absolute atomic E-state index is 13.2. The van der Waals surface area contributed by atoms with Gasteiger partial charge in [-0.25, -0.2) is 4.98 Å². The number of fused-ring (bicyclic) bond motifs is 1. The minimum absolute atomic E-state index is 0.0211. The Hall–Kier alpha value is -2.83. The molecule has 1 atom stereocenters. The zero-order valence-corrected chi connectivity index (χ0v) is 13.8. The lowest BCUT2D eigenvalue weighted by Gasteiger charge is -2.29. The molecule has 7 nitrogen and oxygen atoms in total. The normalized spacial score (nSPS) is 17.6. The van der Waals surface area contributed by atoms with Gasteiger partial charge in [0, 0.05) is 57.5 Å². The Kier molecular flexibility index (Phi) is 3.48. The fourth-order valence-electron chi connectivity index (χ4n) is 3.40. The highest BCUT2D eigenvalue weighted by atomic mass is 16.2. The van der Waals surface area contributed by atoms with E-state index >= 15 is 0 Å². The fraction of sp³-hybridized carbons (Fsp3) is 0.353. The van der Waals surface area contributed by atoms with E-state index in [1.54, 1.807) is 10.9 Å². The summed E-state index contributed by atoms with van der Waals surface area (Å²) in [6.07, 6.45) is 10.4. The lowest BCUT2D eigenvalue weighted by Crippen LogP contribution is -2.36. The number of carbonyl (C=O) groups is 1. The molecule has 4 rings (SSSR count). The Bertz CT molecular complexity index is 873. The quantitative estimate of drug-likeness (QED) is 0.719. The molecule has 0 radical (unpaired) electrons. The van der Waals surface area contributed by atoms with Gasteiger partial charge in [0.25, 0.3) is 5.91 Å². The van der Waals surface area contributed by atoms with Crippen LogP contribution in [0.1, 0.15) is 34.3 Å². The third kappa shape index (κ3) is 2.33. The number of amides is 1. The maximum Gasteiger partial charge on any atom is 0.271 e. The molecule has 7 heteroatoms. The number of imidazole rings is 1. The first kappa shape index (κ1) is 14.7. The molecule has 4 heterocycles. The molecule has 24 heavy (non-hydrogen) atoms. The van der Waals surface area contributed by atoms with Crippen LogP contribution in [0.25, 0.3) is 0 Å². The first-order chi connectivity index (χ1) is 11.6. The van der Waals surface area contributed by atoms with Crippen molar-refractivity contribution in [3.8, 4) is 0 Å². The highest BCUT2D eigenvalue weighted by Gasteiger charge is 2.33. The van der Waals surface area contributed by atoms with Gasteiger partial charge in [-0.1, -0.05) is 0 Å². The van der Waals surface area contributed by atoms with Crippen molar-refractivity contribution in [2.24, 2.45) is 14.1 Å². The molecule has 0 aliphatic carbocycles. The van der Waals surface area contributed by atoms with Crippen molar-refractivity contribution in [3.05, 3.63) is 60.2 Å². The molecule has 0 saturated heterocycles. The Morgan fingerprint density at radius 3 is 2.83 bits per heavy atom. The third-order valence-electron chi connectivity index (χ3n) is 4.57. The summed E-state index contributed by atoms with van der Waals surface area (Å²) in [4.78, 5) is 19.7. The highest BCUT2D eigenvalue weighted by Crippen LogP contribution is 2.31. The first-order valence-electron chi connectivity index (χ1n) is 8.07. The van der Waals surface area contributed by atoms with Crippen LogP contribution in [0.5, 0.6) is 0 Å². The maximum atomic E-state index is 13.2. The van der Waals surface area contributed by atoms with Crippen LogP contribution in [0.15, 0.2) is 43.1 Å². The van der Waals surface area contributed by atoms with Crippen LogP contribution in [0.2, 0.25) is 0 Å². The van der Waals surface area contributed by atoms with Gasteiger partial charge in [0.2, 0.25) is 0 Å². The summed E-state index contributed by atoms with van der Waals surface area (Å²) in [5, 5.41) is 4.29. The van der Waals surface area contributed by atoms with Crippen molar-refractivity contribution in [2.75, 3.05) is 6.54 Å². The SMILES string of the molecule is Cn1cc(C2c3nccn3CCCN2C(=O)c2cccn2C)cn1. The lowest BCUT2D eigenvalue weighted by atomic mass is 10.1. The Balaban J connectivity index is 1.82. The van der Waals surface area contributed by atoms with Crippen LogP contribution in [0, 0.1) is 0 Å². The molecule has 1 unspecified atom stereocenters. The van der Waals surface area contributed by atoms with Gasteiger partial charge in [-0.2, -0.15) is 5.10 Å². The average molecular weight is 324 g/mol. The smallest absolute Gasteiger partial charge is 0.271 e. The van der Waals surface area contributed by atoms with Gasteiger partial charge in [-0.05, 0) is 18.6 Å². The van der Waals surface area contributed by atoms with Crippen LogP contribution in [0.3, 0.4) is 0 Å². The number of rotatable bonds is 2. The third-order valence-corrected chi connectivity index (χ3v) is 4.57. The van der Waals surface area contributed by atoms with Crippen molar-refractivity contribution in [2.45, 2.75) is 19.0 Å². The van der Waals surface area contributed by atoms with Gasteiger partial charge in [0.05, 0.1) is 6.20 Å². The zero-order chi connectivity index (χ0) is 16.7. The molecule has 3 aromatic heterocycles. The van der Waals surface area contributed by atoms with E-state index in [0.717, 1.165) is 24.4 Å². The van der Waals surface area contributed by atoms with Crippen molar-refractivity contribution in [1.82, 2.24) is 28.8 Å². The minimum atomic E-state index is -0.224. The predicted octanol–water partition coefficient (Wildman–Crippen LogP) is 1.59. The van der Waals surface area contributed by atoms with Crippen molar-refractivity contribution >= 4 is 5.91 Å². The molecule has 0 spiro atoms. The molecule has 0 saturated carbocycles. The van der Waals surface area contributed by atoms with Crippen LogP contribution in [-0.4, -0.2) is 41.3 Å². The molecule has 0 aromatic carbocycles. The van der Waals surface area contributed by atoms with E-state index in [1.165, 1.54) is 0 Å². The van der Waals surface area contributed by atoms with E-state index in [2.05, 4.69) is 14.6 Å². The molecule has 1 aliphatic rings. The van der Waals surface area contributed by atoms with E-state index in [4.69, 9.17) is 0 Å². The molecule has 0 bridgehead atoms. The van der Waals surface area contributed by atoms with Gasteiger partial charge >= 0.3 is 0 Å². The van der Waals surface area contributed by atoms with Crippen LogP contribution >= 0.6 is 0 Å². The summed E-state index contributed by atoms with van der Waals surface area (Å²) in [7, 11) is 3.78. The van der Waals surface area contributed by atoms with Gasteiger partial charge in [-0.15, -0.1) is 0 Å². The average Bonchev–Trinajstić information content (AvgIpc) is 3.27. The molecular weight excluding hydrogens is 304 g/mol. The monoisotopic (exact) mass is 324 g/mol. The summed E-state index contributed by atoms with van der Waals surface area (Å²) >= 11 is 0. The Morgan fingerprint density at radius 1 is 1.25 bits per heavy atom. The summed E-state index contributed by atoms with van der Waals surface area (Å²) in [6.45, 7) is 1.55. The summed E-state index contributed by atoms with van der Waals surface area (Å²) in [5.74, 6) is 0.913. The second-order valence-electron chi connectivity index (χ2n) is 6.19. The van der Waals surface area contributed by atoms with Crippen LogP contribution in [0.4, 0.5) is 0 Å². The van der Waals surface area contributed by atoms with Gasteiger partial charge < -0.3 is 14.0 Å². The second kappa shape index (κ2) is 5.67. The number of hydrogen-bond acceptors (Lipinski definition) is 3. The summed E-state index contributed by atoms with van der Waals surface area (Å²) in [6, 6.07) is 3.53. The molecule has 0 fully saturated rings. The van der Waals surface area contributed by atoms with Crippen molar-refractivity contribution in [1.29, 1.82) is 0 Å². The minimum Gasteiger partial charge on any atom is -0.347 e. The fourth-order valence-corrected chi connectivity index (χ4v) is 3.40. The predicted molar refractivity (Wildman–Crippen MR) is 88.3 cm³/mol. The zero-order valence-electron chi connectivity index (χ0n) is 13.8. The van der Waals surface area contributed by atoms with E-state index in [-0.39, 0.29) is 11.9 Å². The Morgan fingerprint density at radius 2 is 2.12 bits per heavy atom. The van der Waals surface area contributed by atoms with E-state index in [9.17, 15) is 4.79 Å². The standard InChI is InChI=1S/C17H20N6O/c1-20-7-3-5-14(20)17(24)23-9-4-8-22-10-6-18-16(22)15(23)13-11-19-21(2)12-13/h3,5-7,10-12,15H,4,8-9H2,1-2H3. The van der Waals surface area contributed by atoms with Gasteiger partial charge in [0.15, 0.2) is 0 Å². The van der Waals surface area contributed by atoms with E-state index in [1.807, 2.05) is 60.5 Å². The number of aromatic nitrogens is 5. The van der Waals surface area contributed by atoms with Crippen LogP contribution < -0.4 is 0 Å². The second-order valence-corrected chi connectivity index (χ2v) is 6.19. The van der Waals surface area contributed by atoms with Gasteiger partial charge in [-0.3, -0.25) is 9.48 Å². The topological polar surface area (TPSA) is 60.9 Å². The molecule has 124 valence electrons. The van der Waals surface area contributed by atoms with E-state index in [0.29, 0.717) is 12.2 Å².